The van der Waals surface area contributed by atoms with Crippen LogP contribution in [0.15, 0.2) is 41.1 Å². The second-order valence-electron chi connectivity index (χ2n) is 3.12. The Bertz CT molecular complexity index is 437. The molecule has 0 N–H and O–H groups in total. The lowest BCUT2D eigenvalue weighted by molar-refractivity contribution is 1.03. The Hall–Kier alpha value is -1.22. The highest BCUT2D eigenvalue weighted by molar-refractivity contribution is 9.10. The summed E-state index contributed by atoms with van der Waals surface area (Å²) in [4.78, 5) is 0. The second-order valence-corrected chi connectivity index (χ2v) is 3.97. The molecule has 0 fully saturated rings. The Morgan fingerprint density at radius 2 is 1.64 bits per heavy atom. The van der Waals surface area contributed by atoms with Crippen molar-refractivity contribution in [2.45, 2.75) is 6.92 Å². The Kier molecular flexibility index (Phi) is 2.59. The van der Waals surface area contributed by atoms with Crippen LogP contribution >= 0.6 is 15.9 Å². The quantitative estimate of drug-likeness (QED) is 0.775. The van der Waals surface area contributed by atoms with Crippen LogP contribution in [0, 0.1) is 6.92 Å². The van der Waals surface area contributed by atoms with Crippen molar-refractivity contribution in [1.82, 2.24) is 10.2 Å². The normalized spacial score (nSPS) is 10.1. The number of benzene rings is 1. The van der Waals surface area contributed by atoms with Gasteiger partial charge < -0.3 is 0 Å². The standard InChI is InChI=1S/C11H9BrN2/c1-8-2-4-9(5-3-8)10-6-13-14-7-11(10)12/h2-7H,1H3. The summed E-state index contributed by atoms with van der Waals surface area (Å²) in [6.07, 6.45) is 3.46. The van der Waals surface area contributed by atoms with Crippen molar-refractivity contribution < 1.29 is 0 Å². The highest BCUT2D eigenvalue weighted by atomic mass is 79.9. The SMILES string of the molecule is Cc1ccc(-c2cnncc2Br)cc1. The molecule has 2 nitrogen and oxygen atoms in total. The van der Waals surface area contributed by atoms with Gasteiger partial charge in [0.25, 0.3) is 0 Å². The Labute approximate surface area is 91.1 Å². The predicted molar refractivity (Wildman–Crippen MR) is 59.9 cm³/mol. The summed E-state index contributed by atoms with van der Waals surface area (Å²) in [7, 11) is 0. The lowest BCUT2D eigenvalue weighted by atomic mass is 10.1. The molecule has 0 aliphatic carbocycles. The van der Waals surface area contributed by atoms with Crippen molar-refractivity contribution in [3.63, 3.8) is 0 Å². The van der Waals surface area contributed by atoms with Crippen LogP contribution in [-0.2, 0) is 0 Å². The zero-order chi connectivity index (χ0) is 9.97. The zero-order valence-corrected chi connectivity index (χ0v) is 9.32. The van der Waals surface area contributed by atoms with E-state index in [4.69, 9.17) is 0 Å². The topological polar surface area (TPSA) is 25.8 Å². The van der Waals surface area contributed by atoms with Gasteiger partial charge in [-0.15, -0.1) is 0 Å². The van der Waals surface area contributed by atoms with Crippen LogP contribution in [0.25, 0.3) is 11.1 Å². The molecule has 0 aliphatic heterocycles. The molecule has 1 heterocycles. The van der Waals surface area contributed by atoms with E-state index in [1.165, 1.54) is 5.56 Å². The fourth-order valence-electron chi connectivity index (χ4n) is 1.25. The molecule has 0 aliphatic rings. The van der Waals surface area contributed by atoms with Gasteiger partial charge in [0.15, 0.2) is 0 Å². The van der Waals surface area contributed by atoms with Crippen LogP contribution in [0.5, 0.6) is 0 Å². The van der Waals surface area contributed by atoms with Crippen LogP contribution in [0.1, 0.15) is 5.56 Å². The van der Waals surface area contributed by atoms with Crippen molar-refractivity contribution in [2.24, 2.45) is 0 Å². The maximum absolute atomic E-state index is 3.86. The monoisotopic (exact) mass is 248 g/mol. The third-order valence-corrected chi connectivity index (χ3v) is 2.68. The minimum atomic E-state index is 0.969. The van der Waals surface area contributed by atoms with Crippen LogP contribution in [-0.4, -0.2) is 10.2 Å². The van der Waals surface area contributed by atoms with Gasteiger partial charge in [-0.25, -0.2) is 0 Å². The molecule has 0 amide bonds. The molecular formula is C11H9BrN2. The van der Waals surface area contributed by atoms with Gasteiger partial charge >= 0.3 is 0 Å². The van der Waals surface area contributed by atoms with E-state index in [0.29, 0.717) is 0 Å². The van der Waals surface area contributed by atoms with Crippen LogP contribution < -0.4 is 0 Å². The van der Waals surface area contributed by atoms with Gasteiger partial charge in [0.1, 0.15) is 0 Å². The smallest absolute Gasteiger partial charge is 0.0644 e. The highest BCUT2D eigenvalue weighted by Gasteiger charge is 2.02. The summed E-state index contributed by atoms with van der Waals surface area (Å²) in [5.74, 6) is 0. The molecule has 14 heavy (non-hydrogen) atoms. The molecule has 1 aromatic heterocycles. The minimum Gasteiger partial charge on any atom is -0.158 e. The van der Waals surface area contributed by atoms with Crippen LogP contribution in [0.2, 0.25) is 0 Å². The summed E-state index contributed by atoms with van der Waals surface area (Å²) < 4.78 is 0.969. The Morgan fingerprint density at radius 1 is 1.00 bits per heavy atom. The van der Waals surface area contributed by atoms with Crippen molar-refractivity contribution in [3.05, 3.63) is 46.7 Å². The van der Waals surface area contributed by atoms with E-state index >= 15 is 0 Å². The van der Waals surface area contributed by atoms with Gasteiger partial charge in [-0.2, -0.15) is 10.2 Å². The van der Waals surface area contributed by atoms with Gasteiger partial charge in [-0.1, -0.05) is 29.8 Å². The Balaban J connectivity index is 2.50. The van der Waals surface area contributed by atoms with Crippen molar-refractivity contribution in [3.8, 4) is 11.1 Å². The van der Waals surface area contributed by atoms with Gasteiger partial charge in [0.2, 0.25) is 0 Å². The molecule has 0 saturated carbocycles. The fourth-order valence-corrected chi connectivity index (χ4v) is 1.67. The predicted octanol–water partition coefficient (Wildman–Crippen LogP) is 3.21. The molecule has 0 atom stereocenters. The van der Waals surface area contributed by atoms with Gasteiger partial charge in [-0.05, 0) is 28.4 Å². The first-order valence-corrected chi connectivity index (χ1v) is 5.10. The molecule has 0 spiro atoms. The number of hydrogen-bond acceptors (Lipinski definition) is 2. The first-order valence-electron chi connectivity index (χ1n) is 4.30. The Morgan fingerprint density at radius 3 is 2.29 bits per heavy atom. The lowest BCUT2D eigenvalue weighted by Gasteiger charge is -2.02. The summed E-state index contributed by atoms with van der Waals surface area (Å²) in [6, 6.07) is 8.33. The molecule has 3 heteroatoms. The van der Waals surface area contributed by atoms with Gasteiger partial charge in [0.05, 0.1) is 12.4 Å². The van der Waals surface area contributed by atoms with E-state index in [9.17, 15) is 0 Å². The molecule has 0 unspecified atom stereocenters. The van der Waals surface area contributed by atoms with E-state index in [2.05, 4.69) is 57.3 Å². The summed E-state index contributed by atoms with van der Waals surface area (Å²) in [5, 5.41) is 7.66. The number of rotatable bonds is 1. The van der Waals surface area contributed by atoms with Gasteiger partial charge in [0, 0.05) is 10.0 Å². The maximum atomic E-state index is 3.86. The lowest BCUT2D eigenvalue weighted by Crippen LogP contribution is -1.85. The molecule has 0 saturated heterocycles. The first kappa shape index (κ1) is 9.34. The fraction of sp³-hybridized carbons (Fsp3) is 0.0909. The van der Waals surface area contributed by atoms with Crippen molar-refractivity contribution in [2.75, 3.05) is 0 Å². The molecule has 0 radical (unpaired) electrons. The van der Waals surface area contributed by atoms with E-state index in [0.717, 1.165) is 15.6 Å². The third kappa shape index (κ3) is 1.82. The molecule has 2 rings (SSSR count). The second kappa shape index (κ2) is 3.88. The van der Waals surface area contributed by atoms with Gasteiger partial charge in [-0.3, -0.25) is 0 Å². The maximum Gasteiger partial charge on any atom is 0.0644 e. The number of aromatic nitrogens is 2. The minimum absolute atomic E-state index is 0.969. The number of nitrogens with zero attached hydrogens (tertiary/aromatic N) is 2. The third-order valence-electron chi connectivity index (χ3n) is 2.04. The van der Waals surface area contributed by atoms with Crippen molar-refractivity contribution >= 4 is 15.9 Å². The van der Waals surface area contributed by atoms with Crippen LogP contribution in [0.4, 0.5) is 0 Å². The molecule has 0 bridgehead atoms. The summed E-state index contributed by atoms with van der Waals surface area (Å²) in [5.41, 5.74) is 3.48. The number of aryl methyl sites for hydroxylation is 1. The summed E-state index contributed by atoms with van der Waals surface area (Å²) in [6.45, 7) is 2.07. The van der Waals surface area contributed by atoms with E-state index in [-0.39, 0.29) is 0 Å². The average Bonchev–Trinajstić information content (AvgIpc) is 2.20. The average molecular weight is 249 g/mol. The largest absolute Gasteiger partial charge is 0.158 e. The first-order chi connectivity index (χ1) is 6.77. The van der Waals surface area contributed by atoms with E-state index in [1.54, 1.807) is 12.4 Å². The zero-order valence-electron chi connectivity index (χ0n) is 7.74. The highest BCUT2D eigenvalue weighted by Crippen LogP contribution is 2.26. The molecule has 1 aromatic carbocycles. The molecule has 2 aromatic rings. The van der Waals surface area contributed by atoms with E-state index in [1.807, 2.05) is 0 Å². The number of halogens is 1. The number of hydrogen-bond donors (Lipinski definition) is 0. The summed E-state index contributed by atoms with van der Waals surface area (Å²) >= 11 is 3.45. The van der Waals surface area contributed by atoms with E-state index < -0.39 is 0 Å². The van der Waals surface area contributed by atoms with Crippen LogP contribution in [0.3, 0.4) is 0 Å². The molecule has 70 valence electrons. The van der Waals surface area contributed by atoms with Crippen molar-refractivity contribution in [1.29, 1.82) is 0 Å². The molecular weight excluding hydrogens is 240 g/mol.